The van der Waals surface area contributed by atoms with E-state index in [9.17, 15) is 9.59 Å². The second-order valence-electron chi connectivity index (χ2n) is 4.91. The van der Waals surface area contributed by atoms with Crippen LogP contribution in [0.25, 0.3) is 0 Å². The monoisotopic (exact) mass is 350 g/mol. The first kappa shape index (κ1) is 16.1. The van der Waals surface area contributed by atoms with Crippen LogP contribution in [0.5, 0.6) is 11.5 Å². The van der Waals surface area contributed by atoms with Gasteiger partial charge in [-0.1, -0.05) is 0 Å². The summed E-state index contributed by atoms with van der Waals surface area (Å²) in [6.07, 6.45) is -0.888. The number of nitrogens with zero attached hydrogens (tertiary/aromatic N) is 1. The van der Waals surface area contributed by atoms with Crippen LogP contribution >= 0.6 is 11.3 Å². The Morgan fingerprint density at radius 1 is 1.42 bits per heavy atom. The number of carboxylic acids is 1. The fourth-order valence-electron chi connectivity index (χ4n) is 2.43. The minimum absolute atomic E-state index is 0.162. The molecule has 0 amide bonds. The average molecular weight is 350 g/mol. The van der Waals surface area contributed by atoms with E-state index in [1.54, 1.807) is 17.5 Å². The minimum atomic E-state index is -0.957. The number of fused-ring (bicyclic) bond motifs is 1. The lowest BCUT2D eigenvalue weighted by Gasteiger charge is -2.13. The van der Waals surface area contributed by atoms with E-state index in [-0.39, 0.29) is 6.42 Å². The minimum Gasteiger partial charge on any atom is -0.493 e. The zero-order chi connectivity index (χ0) is 17.3. The number of carboxylic acid groups (broad SMARTS) is 1. The molecule has 0 saturated carbocycles. The van der Waals surface area contributed by atoms with Crippen molar-refractivity contribution >= 4 is 28.4 Å². The fraction of sp³-hybridized carbons (Fsp3) is 0.267. The van der Waals surface area contributed by atoms with E-state index in [1.807, 2.05) is 0 Å². The summed E-state index contributed by atoms with van der Waals surface area (Å²) in [6, 6.07) is 3.40. The molecule has 0 spiro atoms. The molecule has 0 radical (unpaired) electrons. The molecule has 1 aliphatic heterocycles. The Kier molecular flexibility index (Phi) is 4.26. The first-order valence-corrected chi connectivity index (χ1v) is 7.80. The first-order valence-electron chi connectivity index (χ1n) is 6.92. The van der Waals surface area contributed by atoms with Gasteiger partial charge in [0.25, 0.3) is 0 Å². The molecule has 2 heterocycles. The van der Waals surface area contributed by atoms with E-state index < -0.39 is 18.2 Å². The summed E-state index contributed by atoms with van der Waals surface area (Å²) in [4.78, 5) is 27.0. The molecule has 1 aromatic carbocycles. The molecule has 0 aliphatic carbocycles. The Balaban J connectivity index is 1.87. The molecule has 2 aromatic rings. The molecule has 1 aromatic heterocycles. The molecule has 1 atom stereocenters. The number of benzene rings is 1. The highest BCUT2D eigenvalue weighted by Gasteiger charge is 2.36. The number of nitrogens with one attached hydrogen (secondary N) is 1. The number of esters is 1. The van der Waals surface area contributed by atoms with Gasteiger partial charge in [0.2, 0.25) is 6.23 Å². The van der Waals surface area contributed by atoms with Gasteiger partial charge >= 0.3 is 11.9 Å². The maximum Gasteiger partial charge on any atom is 0.344 e. The van der Waals surface area contributed by atoms with Crippen molar-refractivity contribution in [1.82, 2.24) is 4.98 Å². The molecule has 1 unspecified atom stereocenters. The van der Waals surface area contributed by atoms with Crippen molar-refractivity contribution in [2.24, 2.45) is 0 Å². The lowest BCUT2D eigenvalue weighted by Crippen LogP contribution is -2.10. The normalized spacial score (nSPS) is 15.6. The van der Waals surface area contributed by atoms with Gasteiger partial charge in [-0.05, 0) is 12.1 Å². The molecule has 2 N–H and O–H groups in total. The highest BCUT2D eigenvalue weighted by atomic mass is 32.1. The Hall–Kier alpha value is -2.81. The predicted octanol–water partition coefficient (Wildman–Crippen LogP) is 2.07. The second-order valence-corrected chi connectivity index (χ2v) is 5.77. The fourth-order valence-corrected chi connectivity index (χ4v) is 3.16. The van der Waals surface area contributed by atoms with Crippen molar-refractivity contribution < 1.29 is 28.9 Å². The highest BCUT2D eigenvalue weighted by molar-refractivity contribution is 7.13. The van der Waals surface area contributed by atoms with Gasteiger partial charge in [0.15, 0.2) is 16.6 Å². The van der Waals surface area contributed by atoms with Gasteiger partial charge in [0.1, 0.15) is 5.56 Å². The van der Waals surface area contributed by atoms with Crippen LogP contribution in [0.2, 0.25) is 0 Å². The molecule has 126 valence electrons. The zero-order valence-corrected chi connectivity index (χ0v) is 13.7. The summed E-state index contributed by atoms with van der Waals surface area (Å²) in [6.45, 7) is 0. The Morgan fingerprint density at radius 3 is 2.88 bits per heavy atom. The topological polar surface area (TPSA) is 107 Å². The average Bonchev–Trinajstić information content (AvgIpc) is 3.11. The lowest BCUT2D eigenvalue weighted by atomic mass is 10.1. The summed E-state index contributed by atoms with van der Waals surface area (Å²) in [5, 5.41) is 13.9. The van der Waals surface area contributed by atoms with Gasteiger partial charge < -0.3 is 24.6 Å². The van der Waals surface area contributed by atoms with E-state index >= 15 is 0 Å². The number of carbonyl (C=O) groups excluding carboxylic acids is 1. The molecule has 3 rings (SSSR count). The van der Waals surface area contributed by atoms with E-state index in [4.69, 9.17) is 19.3 Å². The van der Waals surface area contributed by atoms with Gasteiger partial charge in [-0.3, -0.25) is 4.79 Å². The number of rotatable bonds is 6. The zero-order valence-electron chi connectivity index (χ0n) is 12.9. The van der Waals surface area contributed by atoms with Gasteiger partial charge in [-0.15, -0.1) is 11.3 Å². The number of anilines is 1. The second kappa shape index (κ2) is 6.36. The molecule has 8 nitrogen and oxygen atoms in total. The van der Waals surface area contributed by atoms with Gasteiger partial charge in [0, 0.05) is 10.9 Å². The Labute approximate surface area is 141 Å². The van der Waals surface area contributed by atoms with E-state index in [2.05, 4.69) is 10.3 Å². The smallest absolute Gasteiger partial charge is 0.344 e. The number of cyclic esters (lactones) is 1. The van der Waals surface area contributed by atoms with Crippen molar-refractivity contribution in [3.63, 3.8) is 0 Å². The number of hydrogen-bond donors (Lipinski definition) is 2. The van der Waals surface area contributed by atoms with Crippen LogP contribution in [0.15, 0.2) is 17.5 Å². The summed E-state index contributed by atoms with van der Waals surface area (Å²) < 4.78 is 15.8. The van der Waals surface area contributed by atoms with Crippen molar-refractivity contribution in [3.05, 3.63) is 34.3 Å². The first-order chi connectivity index (χ1) is 11.5. The molecule has 24 heavy (non-hydrogen) atoms. The maximum absolute atomic E-state index is 12.2. The van der Waals surface area contributed by atoms with Crippen LogP contribution in [-0.4, -0.2) is 36.2 Å². The number of aliphatic carboxylic acids is 1. The molecule has 0 bridgehead atoms. The van der Waals surface area contributed by atoms with Crippen LogP contribution in [0.1, 0.15) is 27.8 Å². The Bertz CT molecular complexity index is 803. The number of aromatic nitrogens is 1. The number of thiazole rings is 1. The third-order valence-corrected chi connectivity index (χ3v) is 4.25. The van der Waals surface area contributed by atoms with Gasteiger partial charge in [-0.25, -0.2) is 9.78 Å². The highest BCUT2D eigenvalue weighted by Crippen LogP contribution is 2.42. The Morgan fingerprint density at radius 2 is 2.21 bits per heavy atom. The molecule has 9 heteroatoms. The standard InChI is InChI=1S/C15H14N2O6S/c1-21-9-4-3-8-11(12(9)22-2)14(20)23-13(8)17-15-16-7(6-24-15)5-10(18)19/h3-4,6,13H,5H2,1-2H3,(H,16,17)(H,18,19). The maximum atomic E-state index is 12.2. The molecular formula is C15H14N2O6S. The largest absolute Gasteiger partial charge is 0.493 e. The SMILES string of the molecule is COc1ccc2c(c1OC)C(=O)OC2Nc1nc(CC(=O)O)cs1. The van der Waals surface area contributed by atoms with Crippen LogP contribution in [-0.2, 0) is 16.0 Å². The number of carbonyl (C=O) groups is 2. The summed E-state index contributed by atoms with van der Waals surface area (Å²) in [5.41, 5.74) is 1.34. The molecular weight excluding hydrogens is 336 g/mol. The number of methoxy groups -OCH3 is 2. The van der Waals surface area contributed by atoms with Crippen molar-refractivity contribution in [2.75, 3.05) is 19.5 Å². The summed E-state index contributed by atoms with van der Waals surface area (Å²) in [5.74, 6) is -0.733. The van der Waals surface area contributed by atoms with Crippen molar-refractivity contribution in [1.29, 1.82) is 0 Å². The molecule has 0 saturated heterocycles. The van der Waals surface area contributed by atoms with Crippen molar-refractivity contribution in [3.8, 4) is 11.5 Å². The third kappa shape index (κ3) is 2.85. The van der Waals surface area contributed by atoms with E-state index in [1.165, 1.54) is 25.6 Å². The lowest BCUT2D eigenvalue weighted by molar-refractivity contribution is -0.136. The predicted molar refractivity (Wildman–Crippen MR) is 84.8 cm³/mol. The van der Waals surface area contributed by atoms with Crippen LogP contribution < -0.4 is 14.8 Å². The summed E-state index contributed by atoms with van der Waals surface area (Å²) >= 11 is 1.24. The quantitative estimate of drug-likeness (QED) is 0.763. The van der Waals surface area contributed by atoms with Gasteiger partial charge in [-0.2, -0.15) is 0 Å². The van der Waals surface area contributed by atoms with Crippen molar-refractivity contribution in [2.45, 2.75) is 12.6 Å². The number of ether oxygens (including phenoxy) is 3. The van der Waals surface area contributed by atoms with E-state index in [0.29, 0.717) is 33.5 Å². The van der Waals surface area contributed by atoms with Gasteiger partial charge in [0.05, 0.1) is 26.3 Å². The van der Waals surface area contributed by atoms with Crippen LogP contribution in [0.4, 0.5) is 5.13 Å². The molecule has 1 aliphatic rings. The third-order valence-electron chi connectivity index (χ3n) is 3.43. The van der Waals surface area contributed by atoms with E-state index in [0.717, 1.165) is 0 Å². The van der Waals surface area contributed by atoms with Crippen LogP contribution in [0, 0.1) is 0 Å². The summed E-state index contributed by atoms with van der Waals surface area (Å²) in [7, 11) is 2.94. The molecule has 0 fully saturated rings. The van der Waals surface area contributed by atoms with Crippen LogP contribution in [0.3, 0.4) is 0 Å². The number of hydrogen-bond acceptors (Lipinski definition) is 8.